The van der Waals surface area contributed by atoms with Crippen molar-refractivity contribution in [3.63, 3.8) is 0 Å². The number of hydrogen-bond donors (Lipinski definition) is 1. The predicted octanol–water partition coefficient (Wildman–Crippen LogP) is 3.78. The summed E-state index contributed by atoms with van der Waals surface area (Å²) >= 11 is 9.12. The van der Waals surface area contributed by atoms with Gasteiger partial charge in [0.25, 0.3) is 0 Å². The van der Waals surface area contributed by atoms with Crippen LogP contribution in [0.1, 0.15) is 0 Å². The third kappa shape index (κ3) is 2.31. The van der Waals surface area contributed by atoms with Crippen LogP contribution in [0.4, 0.5) is 15.9 Å². The van der Waals surface area contributed by atoms with E-state index in [-0.39, 0.29) is 5.69 Å². The lowest BCUT2D eigenvalue weighted by Crippen LogP contribution is -1.98. The van der Waals surface area contributed by atoms with E-state index < -0.39 is 5.82 Å². The molecule has 0 bridgehead atoms. The first kappa shape index (κ1) is 11.3. The van der Waals surface area contributed by atoms with Gasteiger partial charge in [0.1, 0.15) is 18.0 Å². The van der Waals surface area contributed by atoms with Gasteiger partial charge in [0.2, 0.25) is 0 Å². The zero-order valence-corrected chi connectivity index (χ0v) is 10.3. The van der Waals surface area contributed by atoms with Crippen molar-refractivity contribution in [3.05, 3.63) is 46.0 Å². The molecule has 0 aliphatic rings. The Morgan fingerprint density at radius 2 is 2.19 bits per heavy atom. The average molecular weight is 303 g/mol. The van der Waals surface area contributed by atoms with Gasteiger partial charge in [0, 0.05) is 6.20 Å². The minimum Gasteiger partial charge on any atom is -0.336 e. The molecule has 1 aromatic heterocycles. The molecule has 1 N–H and O–H groups in total. The molecule has 6 heteroatoms. The number of halogens is 3. The van der Waals surface area contributed by atoms with Gasteiger partial charge in [0.05, 0.1) is 15.2 Å². The van der Waals surface area contributed by atoms with Crippen LogP contribution in [0.5, 0.6) is 0 Å². The fourth-order valence-electron chi connectivity index (χ4n) is 1.14. The SMILES string of the molecule is Fc1cccc(Cl)c1Nc1ncncc1Br. The molecular formula is C10H6BrClFN3. The van der Waals surface area contributed by atoms with Crippen molar-refractivity contribution >= 4 is 39.0 Å². The fourth-order valence-corrected chi connectivity index (χ4v) is 1.67. The predicted molar refractivity (Wildman–Crippen MR) is 64.4 cm³/mol. The van der Waals surface area contributed by atoms with E-state index in [0.717, 1.165) is 0 Å². The molecule has 0 amide bonds. The first-order valence-corrected chi connectivity index (χ1v) is 5.52. The van der Waals surface area contributed by atoms with E-state index in [2.05, 4.69) is 31.2 Å². The van der Waals surface area contributed by atoms with Crippen LogP contribution < -0.4 is 5.32 Å². The third-order valence-electron chi connectivity index (χ3n) is 1.87. The van der Waals surface area contributed by atoms with Gasteiger partial charge in [0.15, 0.2) is 0 Å². The zero-order valence-electron chi connectivity index (χ0n) is 7.92. The van der Waals surface area contributed by atoms with Crippen molar-refractivity contribution in [1.29, 1.82) is 0 Å². The highest BCUT2D eigenvalue weighted by Crippen LogP contribution is 2.29. The lowest BCUT2D eigenvalue weighted by molar-refractivity contribution is 0.632. The molecule has 82 valence electrons. The van der Waals surface area contributed by atoms with E-state index in [1.54, 1.807) is 12.3 Å². The van der Waals surface area contributed by atoms with Crippen molar-refractivity contribution in [2.45, 2.75) is 0 Å². The van der Waals surface area contributed by atoms with Crippen LogP contribution in [0.2, 0.25) is 5.02 Å². The molecule has 0 radical (unpaired) electrons. The molecule has 0 spiro atoms. The Morgan fingerprint density at radius 1 is 1.38 bits per heavy atom. The highest BCUT2D eigenvalue weighted by molar-refractivity contribution is 9.10. The number of benzene rings is 1. The van der Waals surface area contributed by atoms with Gasteiger partial charge in [-0.3, -0.25) is 0 Å². The van der Waals surface area contributed by atoms with Gasteiger partial charge >= 0.3 is 0 Å². The summed E-state index contributed by atoms with van der Waals surface area (Å²) < 4.78 is 14.1. The van der Waals surface area contributed by atoms with Crippen LogP contribution in [-0.2, 0) is 0 Å². The van der Waals surface area contributed by atoms with Gasteiger partial charge in [-0.25, -0.2) is 14.4 Å². The number of nitrogens with zero attached hydrogens (tertiary/aromatic N) is 2. The van der Waals surface area contributed by atoms with Crippen LogP contribution in [0.3, 0.4) is 0 Å². The summed E-state index contributed by atoms with van der Waals surface area (Å²) in [5.41, 5.74) is 0.198. The van der Waals surface area contributed by atoms with Crippen molar-refractivity contribution in [3.8, 4) is 0 Å². The van der Waals surface area contributed by atoms with Crippen LogP contribution in [0, 0.1) is 5.82 Å². The molecule has 1 aromatic carbocycles. The molecule has 0 fully saturated rings. The molecule has 0 atom stereocenters. The van der Waals surface area contributed by atoms with Crippen LogP contribution in [0.15, 0.2) is 35.2 Å². The molecule has 2 rings (SSSR count). The Bertz CT molecular complexity index is 501. The van der Waals surface area contributed by atoms with E-state index >= 15 is 0 Å². The average Bonchev–Trinajstić information content (AvgIpc) is 2.26. The second kappa shape index (κ2) is 4.76. The highest BCUT2D eigenvalue weighted by atomic mass is 79.9. The maximum absolute atomic E-state index is 13.5. The molecular weight excluding hydrogens is 296 g/mol. The Balaban J connectivity index is 2.38. The zero-order chi connectivity index (χ0) is 11.5. The topological polar surface area (TPSA) is 37.8 Å². The van der Waals surface area contributed by atoms with E-state index in [1.165, 1.54) is 18.5 Å². The quantitative estimate of drug-likeness (QED) is 0.917. The minimum absolute atomic E-state index is 0.198. The second-order valence-electron chi connectivity index (χ2n) is 2.94. The smallest absolute Gasteiger partial charge is 0.148 e. The normalized spacial score (nSPS) is 10.2. The van der Waals surface area contributed by atoms with E-state index in [4.69, 9.17) is 11.6 Å². The summed E-state index contributed by atoms with van der Waals surface area (Å²) in [6, 6.07) is 4.46. The Kier molecular flexibility index (Phi) is 3.36. The maximum Gasteiger partial charge on any atom is 0.148 e. The first-order chi connectivity index (χ1) is 7.68. The second-order valence-corrected chi connectivity index (χ2v) is 4.20. The molecule has 16 heavy (non-hydrogen) atoms. The highest BCUT2D eigenvalue weighted by Gasteiger charge is 2.09. The molecule has 0 saturated carbocycles. The maximum atomic E-state index is 13.5. The number of nitrogens with one attached hydrogen (secondary N) is 1. The van der Waals surface area contributed by atoms with Gasteiger partial charge in [-0.2, -0.15) is 0 Å². The van der Waals surface area contributed by atoms with Crippen molar-refractivity contribution in [2.75, 3.05) is 5.32 Å². The first-order valence-electron chi connectivity index (χ1n) is 4.35. The van der Waals surface area contributed by atoms with Crippen LogP contribution in [-0.4, -0.2) is 9.97 Å². The summed E-state index contributed by atoms with van der Waals surface area (Å²) in [6.45, 7) is 0. The van der Waals surface area contributed by atoms with Gasteiger partial charge in [-0.05, 0) is 28.1 Å². The standard InChI is InChI=1S/C10H6BrClFN3/c11-6-4-14-5-15-10(6)16-9-7(12)2-1-3-8(9)13/h1-5H,(H,14,15,16). The molecule has 0 saturated heterocycles. The fraction of sp³-hybridized carbons (Fsp3) is 0. The molecule has 0 aliphatic carbocycles. The summed E-state index contributed by atoms with van der Waals surface area (Å²) in [4.78, 5) is 7.77. The van der Waals surface area contributed by atoms with Crippen molar-refractivity contribution in [1.82, 2.24) is 9.97 Å². The van der Waals surface area contributed by atoms with E-state index in [1.807, 2.05) is 0 Å². The Morgan fingerprint density at radius 3 is 2.88 bits per heavy atom. The third-order valence-corrected chi connectivity index (χ3v) is 2.77. The van der Waals surface area contributed by atoms with Crippen molar-refractivity contribution < 1.29 is 4.39 Å². The van der Waals surface area contributed by atoms with Crippen LogP contribution >= 0.6 is 27.5 Å². The van der Waals surface area contributed by atoms with E-state index in [0.29, 0.717) is 15.3 Å². The molecule has 3 nitrogen and oxygen atoms in total. The number of aromatic nitrogens is 2. The van der Waals surface area contributed by atoms with Crippen LogP contribution in [0.25, 0.3) is 0 Å². The Hall–Kier alpha value is -1.20. The summed E-state index contributed by atoms with van der Waals surface area (Å²) in [7, 11) is 0. The number of hydrogen-bond acceptors (Lipinski definition) is 3. The number of rotatable bonds is 2. The van der Waals surface area contributed by atoms with E-state index in [9.17, 15) is 4.39 Å². The summed E-state index contributed by atoms with van der Waals surface area (Å²) in [6.07, 6.45) is 2.92. The molecule has 0 unspecified atom stereocenters. The Labute approximate surface area is 105 Å². The lowest BCUT2D eigenvalue weighted by Gasteiger charge is -2.09. The van der Waals surface area contributed by atoms with Gasteiger partial charge in [-0.15, -0.1) is 0 Å². The molecule has 2 aromatic rings. The lowest BCUT2D eigenvalue weighted by atomic mass is 10.3. The molecule has 1 heterocycles. The largest absolute Gasteiger partial charge is 0.336 e. The van der Waals surface area contributed by atoms with Gasteiger partial charge in [-0.1, -0.05) is 17.7 Å². The molecule has 0 aliphatic heterocycles. The van der Waals surface area contributed by atoms with Gasteiger partial charge < -0.3 is 5.32 Å². The monoisotopic (exact) mass is 301 g/mol. The summed E-state index contributed by atoms with van der Waals surface area (Å²) in [5.74, 6) is 0.0278. The number of anilines is 2. The summed E-state index contributed by atoms with van der Waals surface area (Å²) in [5, 5.41) is 3.10. The number of para-hydroxylation sites is 1. The minimum atomic E-state index is -0.432. The van der Waals surface area contributed by atoms with Crippen molar-refractivity contribution in [2.24, 2.45) is 0 Å².